The van der Waals surface area contributed by atoms with Gasteiger partial charge in [-0.05, 0) is 31.5 Å². The summed E-state index contributed by atoms with van der Waals surface area (Å²) >= 11 is 5.96. The van der Waals surface area contributed by atoms with Gasteiger partial charge in [-0.25, -0.2) is 4.39 Å². The van der Waals surface area contributed by atoms with Crippen LogP contribution in [-0.2, 0) is 16.2 Å². The molecule has 0 bridgehead atoms. The van der Waals surface area contributed by atoms with Crippen molar-refractivity contribution in [1.82, 2.24) is 9.80 Å². The molecule has 0 aliphatic carbocycles. The van der Waals surface area contributed by atoms with Crippen LogP contribution in [0.25, 0.3) is 0 Å². The number of carbonyl (C=O) groups is 2. The minimum atomic E-state index is -0.578. The van der Waals surface area contributed by atoms with Crippen LogP contribution in [0.3, 0.4) is 0 Å². The van der Waals surface area contributed by atoms with Crippen molar-refractivity contribution in [3.8, 4) is 0 Å². The molecular weight excluding hydrogens is 311 g/mol. The summed E-state index contributed by atoms with van der Waals surface area (Å²) in [5, 5.41) is 9.57. The number of halogens is 2. The average Bonchev–Trinajstić information content (AvgIpc) is 2.47. The first-order valence-electron chi connectivity index (χ1n) is 6.92. The lowest BCUT2D eigenvalue weighted by molar-refractivity contribution is -0.155. The van der Waals surface area contributed by atoms with Crippen molar-refractivity contribution in [2.45, 2.75) is 32.5 Å². The maximum Gasteiger partial charge on any atom is 0.246 e. The van der Waals surface area contributed by atoms with Gasteiger partial charge in [0.15, 0.2) is 0 Å². The summed E-state index contributed by atoms with van der Waals surface area (Å²) < 4.78 is 13.6. The number of amides is 2. The van der Waals surface area contributed by atoms with E-state index in [1.807, 2.05) is 0 Å². The Labute approximate surface area is 133 Å². The summed E-state index contributed by atoms with van der Waals surface area (Å²) in [5.74, 6) is -0.962. The zero-order valence-electron chi connectivity index (χ0n) is 12.6. The molecule has 0 aromatic heterocycles. The predicted molar refractivity (Wildman–Crippen MR) is 79.7 cm³/mol. The molecule has 0 spiro atoms. The van der Waals surface area contributed by atoms with Crippen LogP contribution >= 0.6 is 11.6 Å². The second-order valence-electron chi connectivity index (χ2n) is 5.44. The summed E-state index contributed by atoms with van der Waals surface area (Å²) in [6, 6.07) is 1.21. The largest absolute Gasteiger partial charge is 0.392 e. The highest BCUT2D eigenvalue weighted by Gasteiger charge is 2.37. The Balaban J connectivity index is 2.42. The monoisotopic (exact) mass is 328 g/mol. The van der Waals surface area contributed by atoms with E-state index >= 15 is 0 Å². The highest BCUT2D eigenvalue weighted by atomic mass is 35.5. The molecule has 1 heterocycles. The number of nitrogens with zero attached hydrogens (tertiary/aromatic N) is 2. The van der Waals surface area contributed by atoms with E-state index < -0.39 is 17.9 Å². The first-order chi connectivity index (χ1) is 10.3. The molecule has 1 fully saturated rings. The molecule has 1 N–H and O–H groups in total. The molecule has 2 amide bonds. The van der Waals surface area contributed by atoms with Crippen LogP contribution in [0.1, 0.15) is 31.0 Å². The number of piperazine rings is 1. The highest BCUT2D eigenvalue weighted by molar-refractivity contribution is 6.31. The third-order valence-corrected chi connectivity index (χ3v) is 4.53. The van der Waals surface area contributed by atoms with Gasteiger partial charge in [0, 0.05) is 17.6 Å². The number of hydrogen-bond donors (Lipinski definition) is 1. The van der Waals surface area contributed by atoms with Gasteiger partial charge in [0.05, 0.1) is 12.6 Å². The molecule has 7 heteroatoms. The van der Waals surface area contributed by atoms with E-state index in [0.29, 0.717) is 11.1 Å². The Morgan fingerprint density at radius 3 is 2.68 bits per heavy atom. The van der Waals surface area contributed by atoms with E-state index in [1.54, 1.807) is 20.9 Å². The number of rotatable bonds is 3. The lowest BCUT2D eigenvalue weighted by Gasteiger charge is -2.40. The van der Waals surface area contributed by atoms with Gasteiger partial charge >= 0.3 is 0 Å². The minimum Gasteiger partial charge on any atom is -0.392 e. The number of likely N-dealkylation sites (N-methyl/N-ethyl adjacent to an activating group) is 1. The molecule has 22 heavy (non-hydrogen) atoms. The van der Waals surface area contributed by atoms with Crippen molar-refractivity contribution in [1.29, 1.82) is 0 Å². The Morgan fingerprint density at radius 1 is 1.45 bits per heavy atom. The number of hydrogen-bond acceptors (Lipinski definition) is 3. The quantitative estimate of drug-likeness (QED) is 0.919. The first-order valence-corrected chi connectivity index (χ1v) is 7.30. The van der Waals surface area contributed by atoms with E-state index in [-0.39, 0.29) is 30.0 Å². The van der Waals surface area contributed by atoms with Gasteiger partial charge in [-0.1, -0.05) is 11.6 Å². The van der Waals surface area contributed by atoms with Crippen LogP contribution in [0.4, 0.5) is 4.39 Å². The Bertz CT molecular complexity index is 623. The number of carbonyl (C=O) groups excluding carboxylic acids is 2. The molecule has 120 valence electrons. The van der Waals surface area contributed by atoms with Gasteiger partial charge in [0.2, 0.25) is 11.8 Å². The van der Waals surface area contributed by atoms with E-state index in [2.05, 4.69) is 0 Å². The summed E-state index contributed by atoms with van der Waals surface area (Å²) in [6.07, 6.45) is 0. The Morgan fingerprint density at radius 2 is 2.09 bits per heavy atom. The maximum atomic E-state index is 13.6. The van der Waals surface area contributed by atoms with Gasteiger partial charge in [-0.2, -0.15) is 0 Å². The Kier molecular flexibility index (Phi) is 4.72. The molecule has 1 aliphatic rings. The highest BCUT2D eigenvalue weighted by Crippen LogP contribution is 2.31. The topological polar surface area (TPSA) is 60.9 Å². The fourth-order valence-corrected chi connectivity index (χ4v) is 2.89. The maximum absolute atomic E-state index is 13.6. The number of aliphatic hydroxyl groups excluding tert-OH is 1. The van der Waals surface area contributed by atoms with Crippen LogP contribution in [0.15, 0.2) is 12.1 Å². The molecule has 1 aliphatic heterocycles. The van der Waals surface area contributed by atoms with Crippen molar-refractivity contribution in [3.05, 3.63) is 34.1 Å². The van der Waals surface area contributed by atoms with Crippen molar-refractivity contribution in [2.75, 3.05) is 13.6 Å². The average molecular weight is 329 g/mol. The lowest BCUT2D eigenvalue weighted by atomic mass is 9.98. The molecule has 1 aromatic carbocycles. The zero-order valence-corrected chi connectivity index (χ0v) is 13.4. The van der Waals surface area contributed by atoms with Crippen LogP contribution in [0, 0.1) is 5.82 Å². The van der Waals surface area contributed by atoms with Gasteiger partial charge in [-0.15, -0.1) is 0 Å². The third kappa shape index (κ3) is 2.80. The molecular formula is C15H18ClFN2O3. The molecule has 2 unspecified atom stereocenters. The summed E-state index contributed by atoms with van der Waals surface area (Å²) in [4.78, 5) is 27.1. The predicted octanol–water partition coefficient (Wildman–Crippen LogP) is 1.72. The van der Waals surface area contributed by atoms with Crippen LogP contribution in [0.2, 0.25) is 5.02 Å². The second-order valence-corrected chi connectivity index (χ2v) is 5.84. The van der Waals surface area contributed by atoms with Gasteiger partial charge < -0.3 is 14.9 Å². The third-order valence-electron chi connectivity index (χ3n) is 4.19. The first kappa shape index (κ1) is 16.7. The molecule has 5 nitrogen and oxygen atoms in total. The fourth-order valence-electron chi connectivity index (χ4n) is 2.62. The minimum absolute atomic E-state index is 0.0835. The van der Waals surface area contributed by atoms with Gasteiger partial charge in [0.1, 0.15) is 18.4 Å². The normalized spacial score (nSPS) is 20.5. The lowest BCUT2D eigenvalue weighted by Crippen LogP contribution is -2.57. The van der Waals surface area contributed by atoms with Crippen LogP contribution in [0.5, 0.6) is 0 Å². The second kappa shape index (κ2) is 6.22. The summed E-state index contributed by atoms with van der Waals surface area (Å²) in [6.45, 7) is 2.88. The molecule has 0 saturated carbocycles. The summed E-state index contributed by atoms with van der Waals surface area (Å²) in [7, 11) is 1.57. The van der Waals surface area contributed by atoms with Crippen LogP contribution in [-0.4, -0.2) is 46.4 Å². The molecule has 2 rings (SSSR count). The standard InChI is InChI=1S/C15H18ClFN2O3/c1-8(11-4-10(17)5-13(16)12(11)7-20)19-6-14(21)18(3)9(2)15(19)22/h4-5,8-9,20H,6-7H2,1-3H3. The van der Waals surface area contributed by atoms with Gasteiger partial charge in [0.25, 0.3) is 0 Å². The number of benzene rings is 1. The Hall–Kier alpha value is -1.66. The number of aliphatic hydroxyl groups is 1. The fraction of sp³-hybridized carbons (Fsp3) is 0.467. The van der Waals surface area contributed by atoms with Crippen molar-refractivity contribution >= 4 is 23.4 Å². The van der Waals surface area contributed by atoms with E-state index in [0.717, 1.165) is 6.07 Å². The van der Waals surface area contributed by atoms with E-state index in [1.165, 1.54) is 15.9 Å². The SMILES string of the molecule is CC1C(=O)N(C(C)c2cc(F)cc(Cl)c2CO)CC(=O)N1C. The zero-order chi connectivity index (χ0) is 16.6. The van der Waals surface area contributed by atoms with Crippen molar-refractivity contribution in [3.63, 3.8) is 0 Å². The summed E-state index contributed by atoms with van der Waals surface area (Å²) in [5.41, 5.74) is 0.771. The van der Waals surface area contributed by atoms with E-state index in [4.69, 9.17) is 11.6 Å². The smallest absolute Gasteiger partial charge is 0.246 e. The molecule has 2 atom stereocenters. The van der Waals surface area contributed by atoms with Crippen LogP contribution < -0.4 is 0 Å². The molecule has 0 radical (unpaired) electrons. The van der Waals surface area contributed by atoms with Crippen molar-refractivity contribution in [2.24, 2.45) is 0 Å². The van der Waals surface area contributed by atoms with Crippen molar-refractivity contribution < 1.29 is 19.1 Å². The molecule has 1 saturated heterocycles. The van der Waals surface area contributed by atoms with E-state index in [9.17, 15) is 19.1 Å². The molecule has 1 aromatic rings. The van der Waals surface area contributed by atoms with Gasteiger partial charge in [-0.3, -0.25) is 9.59 Å².